The number of benzene rings is 4. The second-order valence-corrected chi connectivity index (χ2v) is 14.9. The lowest BCUT2D eigenvalue weighted by Gasteiger charge is -2.34. The van der Waals surface area contributed by atoms with Crippen LogP contribution in [0.3, 0.4) is 0 Å². The second-order valence-electron chi connectivity index (χ2n) is 11.6. The van der Waals surface area contributed by atoms with Crippen molar-refractivity contribution in [2.45, 2.75) is 62.6 Å². The summed E-state index contributed by atoms with van der Waals surface area (Å²) < 4.78 is 30.2. The van der Waals surface area contributed by atoms with E-state index < -0.39 is 28.5 Å². The maximum Gasteiger partial charge on any atom is 0.264 e. The van der Waals surface area contributed by atoms with Crippen LogP contribution in [0.5, 0.6) is 0 Å². The van der Waals surface area contributed by atoms with E-state index in [9.17, 15) is 18.0 Å². The minimum atomic E-state index is -4.17. The fourth-order valence-electron chi connectivity index (χ4n) is 5.73. The minimum Gasteiger partial charge on any atom is -0.352 e. The Morgan fingerprint density at radius 3 is 2.20 bits per heavy atom. The number of hydrogen-bond acceptors (Lipinski definition) is 4. The van der Waals surface area contributed by atoms with Gasteiger partial charge in [0.05, 0.1) is 10.6 Å². The molecule has 4 aromatic carbocycles. The molecule has 5 rings (SSSR count). The third-order valence-electron chi connectivity index (χ3n) is 8.22. The molecule has 0 aromatic heterocycles. The van der Waals surface area contributed by atoms with Crippen molar-refractivity contribution < 1.29 is 18.0 Å². The number of halogens is 2. The van der Waals surface area contributed by atoms with Gasteiger partial charge in [0.25, 0.3) is 10.0 Å². The summed E-state index contributed by atoms with van der Waals surface area (Å²) in [5.41, 5.74) is 2.85. The predicted molar refractivity (Wildman–Crippen MR) is 186 cm³/mol. The van der Waals surface area contributed by atoms with Crippen molar-refractivity contribution in [3.63, 3.8) is 0 Å². The number of anilines is 1. The third-order valence-corrected chi connectivity index (χ3v) is 10.8. The molecule has 1 fully saturated rings. The van der Waals surface area contributed by atoms with Gasteiger partial charge in [0.1, 0.15) is 12.6 Å². The summed E-state index contributed by atoms with van der Waals surface area (Å²) in [5.74, 6) is -0.774. The van der Waals surface area contributed by atoms with E-state index in [4.69, 9.17) is 11.6 Å². The van der Waals surface area contributed by atoms with E-state index in [1.807, 2.05) is 43.3 Å². The zero-order valence-corrected chi connectivity index (χ0v) is 28.8. The Balaban J connectivity index is 1.56. The zero-order chi connectivity index (χ0) is 32.7. The fourth-order valence-corrected chi connectivity index (χ4v) is 7.62. The van der Waals surface area contributed by atoms with Crippen LogP contribution in [-0.2, 0) is 32.6 Å². The quantitative estimate of drug-likeness (QED) is 0.166. The Hall–Kier alpha value is -3.66. The average molecular weight is 723 g/mol. The Morgan fingerprint density at radius 2 is 1.54 bits per heavy atom. The highest BCUT2D eigenvalue weighted by molar-refractivity contribution is 9.10. The first-order valence-electron chi connectivity index (χ1n) is 15.3. The third kappa shape index (κ3) is 8.57. The van der Waals surface area contributed by atoms with Crippen molar-refractivity contribution in [2.75, 3.05) is 10.8 Å². The van der Waals surface area contributed by atoms with Crippen molar-refractivity contribution in [1.82, 2.24) is 10.2 Å². The van der Waals surface area contributed by atoms with E-state index >= 15 is 0 Å². The molecule has 1 aliphatic carbocycles. The number of sulfonamides is 1. The highest BCUT2D eigenvalue weighted by Crippen LogP contribution is 2.27. The molecule has 0 spiro atoms. The van der Waals surface area contributed by atoms with E-state index in [0.29, 0.717) is 10.7 Å². The Morgan fingerprint density at radius 1 is 0.891 bits per heavy atom. The number of nitrogens with one attached hydrogen (secondary N) is 1. The van der Waals surface area contributed by atoms with Gasteiger partial charge in [-0.05, 0) is 79.4 Å². The van der Waals surface area contributed by atoms with Gasteiger partial charge in [0.2, 0.25) is 11.8 Å². The molecule has 0 unspecified atom stereocenters. The van der Waals surface area contributed by atoms with Crippen molar-refractivity contribution in [3.8, 4) is 0 Å². The summed E-state index contributed by atoms with van der Waals surface area (Å²) in [6.45, 7) is 1.43. The molecule has 0 radical (unpaired) electrons. The van der Waals surface area contributed by atoms with E-state index in [1.54, 1.807) is 54.6 Å². The maximum atomic E-state index is 14.6. The van der Waals surface area contributed by atoms with Crippen LogP contribution in [-0.4, -0.2) is 43.8 Å². The highest BCUT2D eigenvalue weighted by atomic mass is 79.9. The lowest BCUT2D eigenvalue weighted by atomic mass is 10.0. The monoisotopic (exact) mass is 721 g/mol. The second kappa shape index (κ2) is 15.3. The summed E-state index contributed by atoms with van der Waals surface area (Å²) in [4.78, 5) is 30.2. The van der Waals surface area contributed by atoms with E-state index in [0.717, 1.165) is 51.2 Å². The summed E-state index contributed by atoms with van der Waals surface area (Å²) >= 11 is 9.75. The number of hydrogen-bond donors (Lipinski definition) is 1. The molecule has 0 bridgehead atoms. The zero-order valence-electron chi connectivity index (χ0n) is 25.6. The molecule has 10 heteroatoms. The molecule has 1 saturated carbocycles. The molecule has 46 heavy (non-hydrogen) atoms. The molecular weight excluding hydrogens is 686 g/mol. The number of aryl methyl sites for hydroxylation is 1. The van der Waals surface area contributed by atoms with Crippen LogP contribution >= 0.6 is 27.5 Å². The number of carbonyl (C=O) groups excluding carboxylic acids is 2. The Bertz CT molecular complexity index is 1750. The first-order valence-corrected chi connectivity index (χ1v) is 17.9. The summed E-state index contributed by atoms with van der Waals surface area (Å²) in [6, 6.07) is 29.1. The number of amides is 2. The maximum absolute atomic E-state index is 14.6. The minimum absolute atomic E-state index is 0.0371. The Kier molecular flexibility index (Phi) is 11.2. The largest absolute Gasteiger partial charge is 0.352 e. The molecule has 1 atom stereocenters. The van der Waals surface area contributed by atoms with Crippen molar-refractivity contribution in [3.05, 3.63) is 129 Å². The predicted octanol–water partition coefficient (Wildman–Crippen LogP) is 7.31. The van der Waals surface area contributed by atoms with Gasteiger partial charge >= 0.3 is 0 Å². The number of nitrogens with zero attached hydrogens (tertiary/aromatic N) is 2. The van der Waals surface area contributed by atoms with E-state index in [2.05, 4.69) is 21.2 Å². The molecule has 240 valence electrons. The van der Waals surface area contributed by atoms with Gasteiger partial charge in [-0.15, -0.1) is 0 Å². The Labute approximate surface area is 284 Å². The van der Waals surface area contributed by atoms with E-state index in [1.165, 1.54) is 17.0 Å². The van der Waals surface area contributed by atoms with Crippen LogP contribution in [0.2, 0.25) is 5.02 Å². The highest BCUT2D eigenvalue weighted by Gasteiger charge is 2.35. The fraction of sp³-hybridized carbons (Fsp3) is 0.278. The van der Waals surface area contributed by atoms with Gasteiger partial charge in [-0.2, -0.15) is 0 Å². The molecule has 0 aliphatic heterocycles. The van der Waals surface area contributed by atoms with Crippen LogP contribution in [0.4, 0.5) is 5.69 Å². The lowest BCUT2D eigenvalue weighted by molar-refractivity contribution is -0.140. The molecule has 4 aromatic rings. The van der Waals surface area contributed by atoms with Crippen LogP contribution in [0.15, 0.2) is 112 Å². The molecule has 1 aliphatic rings. The van der Waals surface area contributed by atoms with Gasteiger partial charge in [0, 0.05) is 28.5 Å². The van der Waals surface area contributed by atoms with Gasteiger partial charge in [0.15, 0.2) is 0 Å². The first kappa shape index (κ1) is 33.7. The van der Waals surface area contributed by atoms with E-state index in [-0.39, 0.29) is 29.8 Å². The SMILES string of the molecule is Cc1ccc(S(=O)(=O)N(CC(=O)N(Cc2cccc(Cl)c2)[C@H](Cc2ccccc2)C(=O)NC2CCCC2)c2ccc(Br)cc2)cc1. The van der Waals surface area contributed by atoms with Crippen molar-refractivity contribution in [1.29, 1.82) is 0 Å². The van der Waals surface area contributed by atoms with Gasteiger partial charge < -0.3 is 10.2 Å². The molecule has 7 nitrogen and oxygen atoms in total. The molecule has 0 heterocycles. The van der Waals surface area contributed by atoms with Gasteiger partial charge in [-0.3, -0.25) is 13.9 Å². The lowest BCUT2D eigenvalue weighted by Crippen LogP contribution is -2.54. The first-order chi connectivity index (χ1) is 22.1. The van der Waals surface area contributed by atoms with Crippen molar-refractivity contribution >= 4 is 55.1 Å². The number of carbonyl (C=O) groups is 2. The topological polar surface area (TPSA) is 86.8 Å². The normalized spacial score (nSPS) is 14.1. The van der Waals surface area contributed by atoms with Gasteiger partial charge in [-0.1, -0.05) is 101 Å². The van der Waals surface area contributed by atoms with Crippen LogP contribution in [0.1, 0.15) is 42.4 Å². The average Bonchev–Trinajstić information content (AvgIpc) is 3.55. The summed E-state index contributed by atoms with van der Waals surface area (Å²) in [6.07, 6.45) is 4.11. The van der Waals surface area contributed by atoms with Crippen molar-refractivity contribution in [2.24, 2.45) is 0 Å². The van der Waals surface area contributed by atoms with Gasteiger partial charge in [-0.25, -0.2) is 8.42 Å². The van der Waals surface area contributed by atoms with Crippen LogP contribution < -0.4 is 9.62 Å². The molecule has 1 N–H and O–H groups in total. The molecule has 0 saturated heterocycles. The summed E-state index contributed by atoms with van der Waals surface area (Å²) in [5, 5.41) is 3.69. The van der Waals surface area contributed by atoms with Crippen LogP contribution in [0, 0.1) is 6.92 Å². The van der Waals surface area contributed by atoms with Crippen LogP contribution in [0.25, 0.3) is 0 Å². The standard InChI is InChI=1S/C36H37BrClN3O4S/c1-26-14-20-33(21-15-26)46(44,45)41(32-18-16-29(37)17-19-32)25-35(42)40(24-28-10-7-11-30(38)22-28)34(23-27-8-3-2-4-9-27)36(43)39-31-12-5-6-13-31/h2-4,7-11,14-22,31,34H,5-6,12-13,23-25H2,1H3,(H,39,43)/t34-/m1/s1. The molecule has 2 amide bonds. The smallest absolute Gasteiger partial charge is 0.264 e. The summed E-state index contributed by atoms with van der Waals surface area (Å²) in [7, 11) is -4.17. The molecular formula is C36H37BrClN3O4S. The number of rotatable bonds is 12.